The third-order valence-electron chi connectivity index (χ3n) is 2.52. The summed E-state index contributed by atoms with van der Waals surface area (Å²) in [6, 6.07) is 7.54. The topological polar surface area (TPSA) is 13.7 Å². The number of quaternary nitrogens is 1. The number of ether oxygens (including phenoxy) is 1. The molecule has 0 radical (unpaired) electrons. The third-order valence-corrected chi connectivity index (χ3v) is 2.76. The van der Waals surface area contributed by atoms with E-state index in [0.717, 1.165) is 37.0 Å². The zero-order valence-corrected chi connectivity index (χ0v) is 10.2. The Hall–Kier alpha value is -0.730. The van der Waals surface area contributed by atoms with Crippen LogP contribution < -0.4 is 9.64 Å². The highest BCUT2D eigenvalue weighted by Crippen LogP contribution is 2.16. The lowest BCUT2D eigenvalue weighted by molar-refractivity contribution is -0.896. The van der Waals surface area contributed by atoms with Gasteiger partial charge in [-0.3, -0.25) is 0 Å². The zero-order chi connectivity index (χ0) is 11.1. The van der Waals surface area contributed by atoms with E-state index in [-0.39, 0.29) is 0 Å². The van der Waals surface area contributed by atoms with Gasteiger partial charge in [0.15, 0.2) is 0 Å². The Kier molecular flexibility index (Phi) is 5.51. The standard InChI is InChI=1S/C12H18ClNO/c1-3-14(4-2)8-9-15-12-7-5-6-11(13)10-12/h5-7,10H,3-4,8-9H2,1-2H3/p+1. The van der Waals surface area contributed by atoms with E-state index in [9.17, 15) is 0 Å². The molecule has 0 bridgehead atoms. The number of likely N-dealkylation sites (N-methyl/N-ethyl adjacent to an activating group) is 1. The van der Waals surface area contributed by atoms with Gasteiger partial charge in [-0.15, -0.1) is 0 Å². The van der Waals surface area contributed by atoms with E-state index in [2.05, 4.69) is 13.8 Å². The lowest BCUT2D eigenvalue weighted by Gasteiger charge is -2.15. The molecule has 1 N–H and O–H groups in total. The number of benzene rings is 1. The van der Waals surface area contributed by atoms with Crippen LogP contribution in [0.1, 0.15) is 13.8 Å². The van der Waals surface area contributed by atoms with Crippen molar-refractivity contribution >= 4 is 11.6 Å². The molecule has 0 saturated carbocycles. The van der Waals surface area contributed by atoms with Gasteiger partial charge in [0.1, 0.15) is 18.9 Å². The Balaban J connectivity index is 2.31. The molecule has 1 aromatic rings. The molecular weight excluding hydrogens is 210 g/mol. The van der Waals surface area contributed by atoms with Gasteiger partial charge in [-0.1, -0.05) is 17.7 Å². The fourth-order valence-electron chi connectivity index (χ4n) is 1.47. The van der Waals surface area contributed by atoms with Crippen LogP contribution in [0, 0.1) is 0 Å². The molecule has 2 nitrogen and oxygen atoms in total. The summed E-state index contributed by atoms with van der Waals surface area (Å²) < 4.78 is 5.62. The Morgan fingerprint density at radius 3 is 2.60 bits per heavy atom. The van der Waals surface area contributed by atoms with Crippen molar-refractivity contribution in [3.05, 3.63) is 29.3 Å². The van der Waals surface area contributed by atoms with E-state index in [0.29, 0.717) is 0 Å². The molecule has 0 atom stereocenters. The van der Waals surface area contributed by atoms with E-state index < -0.39 is 0 Å². The second kappa shape index (κ2) is 6.70. The average molecular weight is 229 g/mol. The minimum atomic E-state index is 0.725. The highest BCUT2D eigenvalue weighted by Gasteiger charge is 2.02. The summed E-state index contributed by atoms with van der Waals surface area (Å²) in [5.41, 5.74) is 0. The number of rotatable bonds is 6. The molecule has 0 amide bonds. The fourth-order valence-corrected chi connectivity index (χ4v) is 1.65. The summed E-state index contributed by atoms with van der Waals surface area (Å²) in [7, 11) is 0. The average Bonchev–Trinajstić information content (AvgIpc) is 2.25. The number of hydrogen-bond acceptors (Lipinski definition) is 1. The van der Waals surface area contributed by atoms with Gasteiger partial charge in [0, 0.05) is 5.02 Å². The van der Waals surface area contributed by atoms with Crippen LogP contribution in [0.3, 0.4) is 0 Å². The summed E-state index contributed by atoms with van der Waals surface area (Å²) in [6.45, 7) is 8.47. The maximum atomic E-state index is 5.86. The van der Waals surface area contributed by atoms with Crippen LogP contribution in [0.15, 0.2) is 24.3 Å². The summed E-state index contributed by atoms with van der Waals surface area (Å²) in [4.78, 5) is 1.55. The molecule has 0 heterocycles. The smallest absolute Gasteiger partial charge is 0.137 e. The molecule has 1 rings (SSSR count). The molecule has 0 aromatic heterocycles. The SMILES string of the molecule is CC[NH+](CC)CCOc1cccc(Cl)c1. The van der Waals surface area contributed by atoms with Crippen LogP contribution in [0.4, 0.5) is 0 Å². The quantitative estimate of drug-likeness (QED) is 0.782. The first-order chi connectivity index (χ1) is 7.26. The zero-order valence-electron chi connectivity index (χ0n) is 9.42. The minimum Gasteiger partial charge on any atom is -0.488 e. The van der Waals surface area contributed by atoms with Crippen LogP contribution in [0.2, 0.25) is 5.02 Å². The van der Waals surface area contributed by atoms with E-state index in [4.69, 9.17) is 16.3 Å². The predicted octanol–water partition coefficient (Wildman–Crippen LogP) is 1.64. The fraction of sp³-hybridized carbons (Fsp3) is 0.500. The molecule has 1 aromatic carbocycles. The first-order valence-corrected chi connectivity index (χ1v) is 5.86. The van der Waals surface area contributed by atoms with Gasteiger partial charge in [-0.05, 0) is 32.0 Å². The van der Waals surface area contributed by atoms with Crippen LogP contribution in [0.25, 0.3) is 0 Å². The summed E-state index contributed by atoms with van der Waals surface area (Å²) in [5.74, 6) is 0.856. The van der Waals surface area contributed by atoms with Gasteiger partial charge in [-0.2, -0.15) is 0 Å². The normalized spacial score (nSPS) is 10.7. The molecule has 0 aliphatic heterocycles. The van der Waals surface area contributed by atoms with Gasteiger partial charge < -0.3 is 9.64 Å². The summed E-state index contributed by atoms with van der Waals surface area (Å²) in [5, 5.41) is 0.725. The molecule has 0 unspecified atom stereocenters. The second-order valence-corrected chi connectivity index (χ2v) is 3.95. The van der Waals surface area contributed by atoms with E-state index in [1.165, 1.54) is 0 Å². The largest absolute Gasteiger partial charge is 0.488 e. The first-order valence-electron chi connectivity index (χ1n) is 5.48. The van der Waals surface area contributed by atoms with Gasteiger partial charge in [0.25, 0.3) is 0 Å². The molecule has 0 fully saturated rings. The van der Waals surface area contributed by atoms with Crippen LogP contribution in [-0.2, 0) is 0 Å². The number of hydrogen-bond donors (Lipinski definition) is 1. The Bertz CT molecular complexity index is 287. The highest BCUT2D eigenvalue weighted by molar-refractivity contribution is 6.30. The maximum Gasteiger partial charge on any atom is 0.137 e. The number of nitrogens with one attached hydrogen (secondary N) is 1. The van der Waals surface area contributed by atoms with Gasteiger partial charge in [0.2, 0.25) is 0 Å². The molecule has 84 valence electrons. The first kappa shape index (κ1) is 12.3. The lowest BCUT2D eigenvalue weighted by atomic mass is 10.3. The van der Waals surface area contributed by atoms with Crippen LogP contribution in [0.5, 0.6) is 5.75 Å². The van der Waals surface area contributed by atoms with Crippen molar-refractivity contribution in [3.8, 4) is 5.75 Å². The van der Waals surface area contributed by atoms with Crippen molar-refractivity contribution in [3.63, 3.8) is 0 Å². The van der Waals surface area contributed by atoms with Gasteiger partial charge >= 0.3 is 0 Å². The van der Waals surface area contributed by atoms with Crippen molar-refractivity contribution in [1.29, 1.82) is 0 Å². The molecule has 0 spiro atoms. The van der Waals surface area contributed by atoms with Crippen LogP contribution >= 0.6 is 11.6 Å². The molecular formula is C12H19ClNO+. The summed E-state index contributed by atoms with van der Waals surface area (Å²) >= 11 is 5.86. The Morgan fingerprint density at radius 2 is 2.00 bits per heavy atom. The van der Waals surface area contributed by atoms with E-state index >= 15 is 0 Å². The molecule has 0 aliphatic rings. The highest BCUT2D eigenvalue weighted by atomic mass is 35.5. The monoisotopic (exact) mass is 228 g/mol. The van der Waals surface area contributed by atoms with Crippen molar-refractivity contribution in [2.24, 2.45) is 0 Å². The maximum absolute atomic E-state index is 5.86. The van der Waals surface area contributed by atoms with Crippen molar-refractivity contribution in [2.45, 2.75) is 13.8 Å². The van der Waals surface area contributed by atoms with Crippen molar-refractivity contribution in [2.75, 3.05) is 26.2 Å². The lowest BCUT2D eigenvalue weighted by Crippen LogP contribution is -3.12. The molecule has 0 aliphatic carbocycles. The minimum absolute atomic E-state index is 0.725. The Labute approximate surface area is 96.8 Å². The van der Waals surface area contributed by atoms with Gasteiger partial charge in [0.05, 0.1) is 13.1 Å². The predicted molar refractivity (Wildman–Crippen MR) is 63.9 cm³/mol. The summed E-state index contributed by atoms with van der Waals surface area (Å²) in [6.07, 6.45) is 0. The molecule has 0 saturated heterocycles. The van der Waals surface area contributed by atoms with Crippen molar-refractivity contribution < 1.29 is 9.64 Å². The third kappa shape index (κ3) is 4.54. The molecule has 15 heavy (non-hydrogen) atoms. The second-order valence-electron chi connectivity index (χ2n) is 3.51. The number of halogens is 1. The van der Waals surface area contributed by atoms with Crippen molar-refractivity contribution in [1.82, 2.24) is 0 Å². The van der Waals surface area contributed by atoms with Crippen LogP contribution in [-0.4, -0.2) is 26.2 Å². The van der Waals surface area contributed by atoms with E-state index in [1.807, 2.05) is 24.3 Å². The van der Waals surface area contributed by atoms with Gasteiger partial charge in [-0.25, -0.2) is 0 Å². The van der Waals surface area contributed by atoms with E-state index in [1.54, 1.807) is 4.90 Å². The Morgan fingerprint density at radius 1 is 1.27 bits per heavy atom. The molecule has 3 heteroatoms.